The van der Waals surface area contributed by atoms with E-state index in [2.05, 4.69) is 37.4 Å². The van der Waals surface area contributed by atoms with Crippen LogP contribution in [-0.4, -0.2) is 18.2 Å². The van der Waals surface area contributed by atoms with Crippen LogP contribution >= 0.6 is 0 Å². The molecule has 1 N–H and O–H groups in total. The van der Waals surface area contributed by atoms with Crippen molar-refractivity contribution >= 4 is 0 Å². The lowest BCUT2D eigenvalue weighted by Crippen LogP contribution is -2.51. The Morgan fingerprint density at radius 3 is 2.58 bits per heavy atom. The molecule has 2 bridgehead atoms. The van der Waals surface area contributed by atoms with Crippen LogP contribution in [0.15, 0.2) is 18.2 Å². The van der Waals surface area contributed by atoms with Crippen molar-refractivity contribution in [3.8, 4) is 5.75 Å². The summed E-state index contributed by atoms with van der Waals surface area (Å²) < 4.78 is 6.28. The Morgan fingerprint density at radius 2 is 1.89 bits per heavy atom. The van der Waals surface area contributed by atoms with Crippen molar-refractivity contribution in [3.05, 3.63) is 29.3 Å². The van der Waals surface area contributed by atoms with Crippen LogP contribution in [0.5, 0.6) is 5.75 Å². The van der Waals surface area contributed by atoms with E-state index < -0.39 is 0 Å². The number of fused-ring (bicyclic) bond motifs is 2. The van der Waals surface area contributed by atoms with E-state index in [9.17, 15) is 0 Å². The van der Waals surface area contributed by atoms with Gasteiger partial charge in [-0.05, 0) is 62.3 Å². The van der Waals surface area contributed by atoms with Gasteiger partial charge in [0.2, 0.25) is 0 Å². The van der Waals surface area contributed by atoms with E-state index in [0.29, 0.717) is 18.2 Å². The summed E-state index contributed by atoms with van der Waals surface area (Å²) >= 11 is 0. The van der Waals surface area contributed by atoms with Gasteiger partial charge in [0.05, 0.1) is 0 Å². The van der Waals surface area contributed by atoms with Gasteiger partial charge in [0.1, 0.15) is 11.9 Å². The Morgan fingerprint density at radius 1 is 1.16 bits per heavy atom. The zero-order valence-electron chi connectivity index (χ0n) is 12.1. The highest BCUT2D eigenvalue weighted by Gasteiger charge is 2.32. The molecule has 0 spiro atoms. The predicted molar refractivity (Wildman–Crippen MR) is 78.8 cm³/mol. The molecule has 2 heterocycles. The molecule has 2 saturated heterocycles. The van der Waals surface area contributed by atoms with Crippen LogP contribution in [-0.2, 0) is 6.42 Å². The quantitative estimate of drug-likeness (QED) is 0.895. The fourth-order valence-electron chi connectivity index (χ4n) is 3.60. The van der Waals surface area contributed by atoms with E-state index in [1.807, 2.05) is 0 Å². The Balaban J connectivity index is 1.69. The van der Waals surface area contributed by atoms with Crippen molar-refractivity contribution in [3.63, 3.8) is 0 Å². The van der Waals surface area contributed by atoms with Crippen LogP contribution in [0, 0.1) is 6.92 Å². The average Bonchev–Trinajstić information content (AvgIpc) is 2.37. The summed E-state index contributed by atoms with van der Waals surface area (Å²) in [6, 6.07) is 8.02. The van der Waals surface area contributed by atoms with E-state index in [1.54, 1.807) is 0 Å². The molecule has 0 aliphatic carbocycles. The van der Waals surface area contributed by atoms with Crippen molar-refractivity contribution in [1.29, 1.82) is 0 Å². The maximum atomic E-state index is 6.28. The fraction of sp³-hybridized carbons (Fsp3) is 0.647. The molecular formula is C17H25NO. The van der Waals surface area contributed by atoms with Crippen molar-refractivity contribution in [2.45, 2.75) is 70.6 Å². The van der Waals surface area contributed by atoms with Crippen LogP contribution in [0.3, 0.4) is 0 Å². The Kier molecular flexibility index (Phi) is 3.79. The maximum Gasteiger partial charge on any atom is 0.120 e. The molecule has 2 nitrogen and oxygen atoms in total. The van der Waals surface area contributed by atoms with Crippen molar-refractivity contribution < 1.29 is 4.74 Å². The Labute approximate surface area is 116 Å². The minimum absolute atomic E-state index is 0.406. The number of aryl methyl sites for hydroxylation is 2. The van der Waals surface area contributed by atoms with Gasteiger partial charge >= 0.3 is 0 Å². The monoisotopic (exact) mass is 259 g/mol. The van der Waals surface area contributed by atoms with Crippen LogP contribution in [0.25, 0.3) is 0 Å². The topological polar surface area (TPSA) is 21.3 Å². The molecule has 104 valence electrons. The Bertz CT molecular complexity index is 431. The molecule has 2 fully saturated rings. The van der Waals surface area contributed by atoms with Gasteiger partial charge in [0.25, 0.3) is 0 Å². The molecule has 3 atom stereocenters. The first-order valence-corrected chi connectivity index (χ1v) is 7.76. The molecule has 0 amide bonds. The summed E-state index contributed by atoms with van der Waals surface area (Å²) in [4.78, 5) is 0. The minimum Gasteiger partial charge on any atom is -0.490 e. The molecule has 2 heteroatoms. The molecule has 1 aromatic carbocycles. The van der Waals surface area contributed by atoms with Crippen molar-refractivity contribution in [1.82, 2.24) is 5.32 Å². The normalized spacial score (nSPS) is 30.1. The molecule has 2 aliphatic heterocycles. The molecule has 19 heavy (non-hydrogen) atoms. The van der Waals surface area contributed by atoms with Gasteiger partial charge in [-0.1, -0.05) is 19.4 Å². The van der Waals surface area contributed by atoms with Crippen molar-refractivity contribution in [2.24, 2.45) is 0 Å². The van der Waals surface area contributed by atoms with Crippen LogP contribution in [0.4, 0.5) is 0 Å². The van der Waals surface area contributed by atoms with Crippen LogP contribution in [0.1, 0.15) is 50.2 Å². The number of ether oxygens (including phenoxy) is 1. The second-order valence-corrected chi connectivity index (χ2v) is 6.21. The molecule has 0 aromatic heterocycles. The Hall–Kier alpha value is -1.02. The van der Waals surface area contributed by atoms with E-state index in [4.69, 9.17) is 4.74 Å². The summed E-state index contributed by atoms with van der Waals surface area (Å²) in [6.07, 6.45) is 7.87. The summed E-state index contributed by atoms with van der Waals surface area (Å²) in [6.45, 7) is 4.36. The molecule has 1 aromatic rings. The first-order chi connectivity index (χ1) is 9.22. The van der Waals surface area contributed by atoms with E-state index >= 15 is 0 Å². The van der Waals surface area contributed by atoms with Crippen LogP contribution < -0.4 is 10.1 Å². The van der Waals surface area contributed by atoms with Gasteiger partial charge in [-0.15, -0.1) is 0 Å². The summed E-state index contributed by atoms with van der Waals surface area (Å²) in [5.41, 5.74) is 2.69. The van der Waals surface area contributed by atoms with E-state index in [-0.39, 0.29) is 0 Å². The fourth-order valence-corrected chi connectivity index (χ4v) is 3.60. The maximum absolute atomic E-state index is 6.28. The van der Waals surface area contributed by atoms with Gasteiger partial charge in [0.15, 0.2) is 0 Å². The van der Waals surface area contributed by atoms with Gasteiger partial charge in [-0.3, -0.25) is 0 Å². The highest BCUT2D eigenvalue weighted by Crippen LogP contribution is 2.29. The van der Waals surface area contributed by atoms with Crippen LogP contribution in [0.2, 0.25) is 0 Å². The summed E-state index contributed by atoms with van der Waals surface area (Å²) in [5.74, 6) is 1.07. The lowest BCUT2D eigenvalue weighted by atomic mass is 9.85. The number of piperidine rings is 2. The first-order valence-electron chi connectivity index (χ1n) is 7.76. The molecule has 3 rings (SSSR count). The standard InChI is InChI=1S/C17H25NO/c1-3-13-7-12(2)8-16(9-13)19-17-10-14-5-4-6-15(11-17)18-14/h7-9,14-15,17-18H,3-6,10-11H2,1-2H3/t14-,15+,17-. The van der Waals surface area contributed by atoms with Gasteiger partial charge in [-0.2, -0.15) is 0 Å². The zero-order chi connectivity index (χ0) is 13.2. The van der Waals surface area contributed by atoms with E-state index in [0.717, 1.165) is 12.2 Å². The molecule has 0 saturated carbocycles. The minimum atomic E-state index is 0.406. The molecule has 2 aliphatic rings. The van der Waals surface area contributed by atoms with Gasteiger partial charge < -0.3 is 10.1 Å². The SMILES string of the molecule is CCc1cc(C)cc(O[C@@H]2C[C@H]3CCC[C@@H](C2)N3)c1. The highest BCUT2D eigenvalue weighted by atomic mass is 16.5. The summed E-state index contributed by atoms with van der Waals surface area (Å²) in [5, 5.41) is 3.72. The first kappa shape index (κ1) is 13.0. The number of benzene rings is 1. The lowest BCUT2D eigenvalue weighted by molar-refractivity contribution is 0.0926. The van der Waals surface area contributed by atoms with E-state index in [1.165, 1.54) is 43.2 Å². The van der Waals surface area contributed by atoms with Gasteiger partial charge in [-0.25, -0.2) is 0 Å². The number of hydrogen-bond acceptors (Lipinski definition) is 2. The smallest absolute Gasteiger partial charge is 0.120 e. The third kappa shape index (κ3) is 3.11. The zero-order valence-corrected chi connectivity index (χ0v) is 12.1. The largest absolute Gasteiger partial charge is 0.490 e. The summed E-state index contributed by atoms with van der Waals surface area (Å²) in [7, 11) is 0. The van der Waals surface area contributed by atoms with Gasteiger partial charge in [0, 0.05) is 12.1 Å². The number of rotatable bonds is 3. The number of hydrogen-bond donors (Lipinski definition) is 1. The average molecular weight is 259 g/mol. The lowest BCUT2D eigenvalue weighted by Gasteiger charge is -2.40. The third-order valence-corrected chi connectivity index (χ3v) is 4.49. The second-order valence-electron chi connectivity index (χ2n) is 6.21. The van der Waals surface area contributed by atoms with Crippen molar-refractivity contribution in [2.75, 3.05) is 0 Å². The highest BCUT2D eigenvalue weighted by molar-refractivity contribution is 5.34. The molecule has 0 unspecified atom stereocenters. The molecule has 0 radical (unpaired) electrons. The second kappa shape index (κ2) is 5.54. The number of nitrogens with one attached hydrogen (secondary N) is 1. The third-order valence-electron chi connectivity index (χ3n) is 4.49. The predicted octanol–water partition coefficient (Wildman–Crippen LogP) is 3.61. The molecular weight excluding hydrogens is 234 g/mol.